The SMILES string of the molecule is CSN1C=CN(SC)C1C=O. The van der Waals surface area contributed by atoms with Crippen molar-refractivity contribution in [3.05, 3.63) is 12.4 Å². The first-order valence-corrected chi connectivity index (χ1v) is 5.48. The van der Waals surface area contributed by atoms with Crippen LogP contribution in [-0.4, -0.2) is 33.6 Å². The monoisotopic (exact) mass is 190 g/mol. The summed E-state index contributed by atoms with van der Waals surface area (Å²) in [4.78, 5) is 10.6. The van der Waals surface area contributed by atoms with Crippen molar-refractivity contribution >= 4 is 30.2 Å². The fourth-order valence-electron chi connectivity index (χ4n) is 0.878. The Labute approximate surface area is 75.1 Å². The lowest BCUT2D eigenvalue weighted by Crippen LogP contribution is -2.32. The van der Waals surface area contributed by atoms with Crippen LogP contribution < -0.4 is 0 Å². The number of hydrogen-bond acceptors (Lipinski definition) is 5. The van der Waals surface area contributed by atoms with Crippen molar-refractivity contribution < 1.29 is 4.79 Å². The molecule has 0 saturated heterocycles. The summed E-state index contributed by atoms with van der Waals surface area (Å²) in [7, 11) is 0. The molecular formula is C6H10N2OS2. The molecule has 0 bridgehead atoms. The third-order valence-corrected chi connectivity index (χ3v) is 2.94. The molecule has 0 spiro atoms. The van der Waals surface area contributed by atoms with Gasteiger partial charge in [0, 0.05) is 24.9 Å². The summed E-state index contributed by atoms with van der Waals surface area (Å²) in [5, 5.41) is 0. The van der Waals surface area contributed by atoms with Gasteiger partial charge in [-0.3, -0.25) is 13.4 Å². The van der Waals surface area contributed by atoms with Crippen LogP contribution in [0.25, 0.3) is 0 Å². The minimum Gasteiger partial charge on any atom is -0.299 e. The molecular weight excluding hydrogens is 180 g/mol. The Morgan fingerprint density at radius 3 is 2.00 bits per heavy atom. The maximum Gasteiger partial charge on any atom is 0.177 e. The highest BCUT2D eigenvalue weighted by molar-refractivity contribution is 7.97. The van der Waals surface area contributed by atoms with Crippen LogP contribution >= 0.6 is 23.9 Å². The molecule has 0 radical (unpaired) electrons. The molecule has 1 aliphatic heterocycles. The highest BCUT2D eigenvalue weighted by Crippen LogP contribution is 2.25. The summed E-state index contributed by atoms with van der Waals surface area (Å²) in [6, 6.07) is 0. The average Bonchev–Trinajstić information content (AvgIpc) is 2.45. The maximum atomic E-state index is 10.6. The number of carbonyl (C=O) groups excluding carboxylic acids is 1. The molecule has 0 aromatic carbocycles. The predicted octanol–water partition coefficient (Wildman–Crippen LogP) is 1.16. The topological polar surface area (TPSA) is 23.6 Å². The molecule has 0 atom stereocenters. The van der Waals surface area contributed by atoms with Gasteiger partial charge >= 0.3 is 0 Å². The molecule has 0 aliphatic carbocycles. The minimum atomic E-state index is -0.139. The molecule has 0 saturated carbocycles. The predicted molar refractivity (Wildman–Crippen MR) is 49.7 cm³/mol. The van der Waals surface area contributed by atoms with E-state index in [0.717, 1.165) is 6.29 Å². The van der Waals surface area contributed by atoms with Crippen molar-refractivity contribution in [2.75, 3.05) is 12.5 Å². The molecule has 0 amide bonds. The maximum absolute atomic E-state index is 10.6. The molecule has 1 aliphatic rings. The van der Waals surface area contributed by atoms with Gasteiger partial charge in [-0.1, -0.05) is 23.9 Å². The zero-order valence-electron chi connectivity index (χ0n) is 6.43. The molecule has 0 unspecified atom stereocenters. The first-order valence-electron chi connectivity index (χ1n) is 3.12. The second-order valence-electron chi connectivity index (χ2n) is 1.93. The summed E-state index contributed by atoms with van der Waals surface area (Å²) < 4.78 is 3.81. The van der Waals surface area contributed by atoms with Gasteiger partial charge in [0.1, 0.15) is 0 Å². The van der Waals surface area contributed by atoms with E-state index in [1.807, 2.05) is 33.5 Å². The number of hydrogen-bond donors (Lipinski definition) is 0. The van der Waals surface area contributed by atoms with Crippen molar-refractivity contribution in [3.8, 4) is 0 Å². The van der Waals surface area contributed by atoms with Gasteiger partial charge in [0.15, 0.2) is 12.5 Å². The summed E-state index contributed by atoms with van der Waals surface area (Å²) in [5.74, 6) is 0. The van der Waals surface area contributed by atoms with Crippen molar-refractivity contribution in [2.24, 2.45) is 0 Å². The molecule has 1 rings (SSSR count). The van der Waals surface area contributed by atoms with E-state index in [1.165, 1.54) is 0 Å². The lowest BCUT2D eigenvalue weighted by Gasteiger charge is -2.23. The van der Waals surface area contributed by atoms with Crippen molar-refractivity contribution in [1.29, 1.82) is 0 Å². The first kappa shape index (κ1) is 8.80. The molecule has 0 fully saturated rings. The number of rotatable bonds is 3. The third kappa shape index (κ3) is 1.65. The van der Waals surface area contributed by atoms with Crippen molar-refractivity contribution in [3.63, 3.8) is 0 Å². The lowest BCUT2D eigenvalue weighted by atomic mass is 10.6. The summed E-state index contributed by atoms with van der Waals surface area (Å²) >= 11 is 3.09. The standard InChI is InChI=1S/C6H10N2OS2/c1-10-7-3-4-8(11-2)6(7)5-9/h3-6H,1-2H3. The normalized spacial score (nSPS) is 18.0. The van der Waals surface area contributed by atoms with Crippen LogP contribution in [0.15, 0.2) is 12.4 Å². The Kier molecular flexibility index (Phi) is 3.14. The second-order valence-corrected chi connectivity index (χ2v) is 3.51. The largest absolute Gasteiger partial charge is 0.299 e. The van der Waals surface area contributed by atoms with Gasteiger partial charge in [-0.15, -0.1) is 0 Å². The number of carbonyl (C=O) groups is 1. The number of aldehydes is 1. The Balaban J connectivity index is 2.61. The van der Waals surface area contributed by atoms with E-state index < -0.39 is 0 Å². The van der Waals surface area contributed by atoms with E-state index in [2.05, 4.69) is 0 Å². The second kappa shape index (κ2) is 3.92. The van der Waals surface area contributed by atoms with E-state index >= 15 is 0 Å². The van der Waals surface area contributed by atoms with Gasteiger partial charge in [0.05, 0.1) is 0 Å². The highest BCUT2D eigenvalue weighted by atomic mass is 32.2. The van der Waals surface area contributed by atoms with Gasteiger partial charge in [-0.2, -0.15) is 0 Å². The molecule has 1 heterocycles. The van der Waals surface area contributed by atoms with Crippen LogP contribution in [0.1, 0.15) is 0 Å². The van der Waals surface area contributed by atoms with Crippen LogP contribution in [-0.2, 0) is 4.79 Å². The average molecular weight is 190 g/mol. The van der Waals surface area contributed by atoms with Crippen LogP contribution in [0.3, 0.4) is 0 Å². The fourth-order valence-corrected chi connectivity index (χ4v) is 2.02. The smallest absolute Gasteiger partial charge is 0.177 e. The Morgan fingerprint density at radius 1 is 1.27 bits per heavy atom. The third-order valence-electron chi connectivity index (χ3n) is 1.43. The molecule has 62 valence electrons. The molecule has 0 N–H and O–H groups in total. The quantitative estimate of drug-likeness (QED) is 0.491. The van der Waals surface area contributed by atoms with E-state index in [1.54, 1.807) is 23.9 Å². The van der Waals surface area contributed by atoms with E-state index in [4.69, 9.17) is 0 Å². The Hall–Kier alpha value is -0.290. The van der Waals surface area contributed by atoms with Crippen molar-refractivity contribution in [1.82, 2.24) is 8.61 Å². The summed E-state index contributed by atoms with van der Waals surface area (Å²) in [6.45, 7) is 0. The van der Waals surface area contributed by atoms with Gasteiger partial charge in [0.2, 0.25) is 0 Å². The fraction of sp³-hybridized carbons (Fsp3) is 0.500. The van der Waals surface area contributed by atoms with Crippen molar-refractivity contribution in [2.45, 2.75) is 6.17 Å². The summed E-state index contributed by atoms with van der Waals surface area (Å²) in [6.07, 6.45) is 8.50. The molecule has 0 aromatic heterocycles. The Morgan fingerprint density at radius 2 is 1.73 bits per heavy atom. The minimum absolute atomic E-state index is 0.139. The number of nitrogens with zero attached hydrogens (tertiary/aromatic N) is 2. The van der Waals surface area contributed by atoms with E-state index in [-0.39, 0.29) is 6.17 Å². The van der Waals surface area contributed by atoms with Crippen LogP contribution in [0, 0.1) is 0 Å². The van der Waals surface area contributed by atoms with Crippen LogP contribution in [0.2, 0.25) is 0 Å². The van der Waals surface area contributed by atoms with E-state index in [0.29, 0.717) is 0 Å². The zero-order valence-corrected chi connectivity index (χ0v) is 8.06. The van der Waals surface area contributed by atoms with Crippen LogP contribution in [0.4, 0.5) is 0 Å². The van der Waals surface area contributed by atoms with Gasteiger partial charge in [-0.25, -0.2) is 0 Å². The van der Waals surface area contributed by atoms with E-state index in [9.17, 15) is 4.79 Å². The van der Waals surface area contributed by atoms with Crippen LogP contribution in [0.5, 0.6) is 0 Å². The zero-order chi connectivity index (χ0) is 8.27. The highest BCUT2D eigenvalue weighted by Gasteiger charge is 2.24. The van der Waals surface area contributed by atoms with Gasteiger partial charge in [0.25, 0.3) is 0 Å². The van der Waals surface area contributed by atoms with Gasteiger partial charge < -0.3 is 0 Å². The molecule has 5 heteroatoms. The Bertz CT molecular complexity index is 160. The summed E-state index contributed by atoms with van der Waals surface area (Å²) in [5.41, 5.74) is 0. The molecule has 11 heavy (non-hydrogen) atoms. The molecule has 3 nitrogen and oxygen atoms in total. The lowest BCUT2D eigenvalue weighted by molar-refractivity contribution is -0.111. The molecule has 0 aromatic rings. The first-order chi connectivity index (χ1) is 5.33. The van der Waals surface area contributed by atoms with Gasteiger partial charge in [-0.05, 0) is 0 Å².